The van der Waals surface area contributed by atoms with Gasteiger partial charge in [0.2, 0.25) is 0 Å². The summed E-state index contributed by atoms with van der Waals surface area (Å²) in [7, 11) is 1.58. The molecule has 0 fully saturated rings. The van der Waals surface area contributed by atoms with Gasteiger partial charge in [-0.05, 0) is 23.3 Å². The predicted octanol–water partition coefficient (Wildman–Crippen LogP) is 1.09. The van der Waals surface area contributed by atoms with Crippen molar-refractivity contribution in [1.82, 2.24) is 5.32 Å². The largest absolute Gasteiger partial charge is 0.460 e. The zero-order valence-electron chi connectivity index (χ0n) is 9.29. The average molecular weight is 221 g/mol. The Morgan fingerprint density at radius 2 is 2.12 bits per heavy atom. The van der Waals surface area contributed by atoms with Crippen molar-refractivity contribution in [2.24, 2.45) is 0 Å². The maximum Gasteiger partial charge on any atom is 0.338 e. The molecule has 1 aliphatic heterocycles. The van der Waals surface area contributed by atoms with E-state index in [0.29, 0.717) is 18.8 Å². The molecule has 0 aliphatic carbocycles. The fourth-order valence-corrected chi connectivity index (χ4v) is 1.72. The summed E-state index contributed by atoms with van der Waals surface area (Å²) in [5.74, 6) is -0.285. The Balaban J connectivity index is 2.01. The number of nitrogens with one attached hydrogen (secondary N) is 1. The summed E-state index contributed by atoms with van der Waals surface area (Å²) < 4.78 is 9.86. The van der Waals surface area contributed by atoms with Crippen LogP contribution in [0.4, 0.5) is 0 Å². The molecule has 1 aromatic rings. The fourth-order valence-electron chi connectivity index (χ4n) is 1.72. The summed E-state index contributed by atoms with van der Waals surface area (Å²) in [4.78, 5) is 11.6. The van der Waals surface area contributed by atoms with E-state index in [-0.39, 0.29) is 5.97 Å². The molecule has 0 radical (unpaired) electrons. The molecular weight excluding hydrogens is 206 g/mol. The molecule has 0 aromatic heterocycles. The maximum absolute atomic E-state index is 11.6. The van der Waals surface area contributed by atoms with E-state index < -0.39 is 0 Å². The first kappa shape index (κ1) is 11.1. The van der Waals surface area contributed by atoms with Crippen LogP contribution in [0.5, 0.6) is 0 Å². The van der Waals surface area contributed by atoms with Crippen molar-refractivity contribution >= 4 is 5.97 Å². The molecule has 0 amide bonds. The van der Waals surface area contributed by atoms with Crippen LogP contribution in [0.2, 0.25) is 0 Å². The third-order valence-electron chi connectivity index (χ3n) is 2.59. The van der Waals surface area contributed by atoms with E-state index in [9.17, 15) is 4.79 Å². The molecule has 0 atom stereocenters. The SMILES string of the molecule is COCCOC(=O)c1ccc2c(c1)CNC2. The molecule has 0 spiro atoms. The zero-order valence-corrected chi connectivity index (χ0v) is 9.29. The van der Waals surface area contributed by atoms with Gasteiger partial charge in [0.25, 0.3) is 0 Å². The molecule has 86 valence electrons. The lowest BCUT2D eigenvalue weighted by Gasteiger charge is -2.05. The number of hydrogen-bond donors (Lipinski definition) is 1. The molecular formula is C12H15NO3. The molecule has 0 unspecified atom stereocenters. The lowest BCUT2D eigenvalue weighted by atomic mass is 10.1. The summed E-state index contributed by atoms with van der Waals surface area (Å²) in [5.41, 5.74) is 3.05. The number of fused-ring (bicyclic) bond motifs is 1. The van der Waals surface area contributed by atoms with Crippen molar-refractivity contribution < 1.29 is 14.3 Å². The Labute approximate surface area is 94.6 Å². The molecule has 1 N–H and O–H groups in total. The van der Waals surface area contributed by atoms with Gasteiger partial charge >= 0.3 is 5.97 Å². The van der Waals surface area contributed by atoms with E-state index >= 15 is 0 Å². The van der Waals surface area contributed by atoms with Gasteiger partial charge in [-0.3, -0.25) is 0 Å². The van der Waals surface area contributed by atoms with Gasteiger partial charge in [-0.1, -0.05) is 6.07 Å². The van der Waals surface area contributed by atoms with Gasteiger partial charge in [0.15, 0.2) is 0 Å². The van der Waals surface area contributed by atoms with Gasteiger partial charge in [-0.25, -0.2) is 4.79 Å². The molecule has 4 nitrogen and oxygen atoms in total. The van der Waals surface area contributed by atoms with Crippen molar-refractivity contribution in [2.75, 3.05) is 20.3 Å². The number of rotatable bonds is 4. The quantitative estimate of drug-likeness (QED) is 0.611. The number of methoxy groups -OCH3 is 1. The van der Waals surface area contributed by atoms with Crippen molar-refractivity contribution in [3.63, 3.8) is 0 Å². The second-order valence-electron chi connectivity index (χ2n) is 3.72. The first-order valence-corrected chi connectivity index (χ1v) is 5.30. The van der Waals surface area contributed by atoms with Crippen LogP contribution in [0.25, 0.3) is 0 Å². The number of benzene rings is 1. The molecule has 0 bridgehead atoms. The Hall–Kier alpha value is -1.39. The molecule has 0 saturated carbocycles. The van der Waals surface area contributed by atoms with Crippen molar-refractivity contribution in [3.05, 3.63) is 34.9 Å². The third-order valence-corrected chi connectivity index (χ3v) is 2.59. The summed E-state index contributed by atoms with van der Waals surface area (Å²) in [6.07, 6.45) is 0. The number of ether oxygens (including phenoxy) is 2. The Kier molecular flexibility index (Phi) is 3.54. The van der Waals surface area contributed by atoms with Gasteiger partial charge < -0.3 is 14.8 Å². The highest BCUT2D eigenvalue weighted by atomic mass is 16.6. The van der Waals surface area contributed by atoms with E-state index in [2.05, 4.69) is 5.32 Å². The van der Waals surface area contributed by atoms with Crippen LogP contribution in [-0.2, 0) is 22.6 Å². The minimum absolute atomic E-state index is 0.285. The summed E-state index contributed by atoms with van der Waals surface area (Å²) in [6.45, 7) is 2.44. The van der Waals surface area contributed by atoms with E-state index in [0.717, 1.165) is 13.1 Å². The predicted molar refractivity (Wildman–Crippen MR) is 59.1 cm³/mol. The first-order valence-electron chi connectivity index (χ1n) is 5.30. The van der Waals surface area contributed by atoms with E-state index in [4.69, 9.17) is 9.47 Å². The molecule has 2 rings (SSSR count). The standard InChI is InChI=1S/C12H15NO3/c1-15-4-5-16-12(14)9-2-3-10-7-13-8-11(10)6-9/h2-3,6,13H,4-5,7-8H2,1H3. The van der Waals surface area contributed by atoms with Crippen LogP contribution in [0.15, 0.2) is 18.2 Å². The molecule has 1 aliphatic rings. The van der Waals surface area contributed by atoms with Crippen LogP contribution in [0.1, 0.15) is 21.5 Å². The summed E-state index contributed by atoms with van der Waals surface area (Å²) in [5, 5.41) is 3.23. The smallest absolute Gasteiger partial charge is 0.338 e. The third kappa shape index (κ3) is 2.40. The van der Waals surface area contributed by atoms with E-state index in [1.807, 2.05) is 12.1 Å². The Bertz CT molecular complexity index is 390. The van der Waals surface area contributed by atoms with Crippen LogP contribution < -0.4 is 5.32 Å². The number of esters is 1. The average Bonchev–Trinajstić information content (AvgIpc) is 2.76. The number of carbonyl (C=O) groups excluding carboxylic acids is 1. The summed E-state index contributed by atoms with van der Waals surface area (Å²) in [6, 6.07) is 5.67. The minimum atomic E-state index is -0.285. The molecule has 1 heterocycles. The normalized spacial score (nSPS) is 13.6. The van der Waals surface area contributed by atoms with E-state index in [1.54, 1.807) is 13.2 Å². The van der Waals surface area contributed by atoms with Crippen molar-refractivity contribution in [3.8, 4) is 0 Å². The number of hydrogen-bond acceptors (Lipinski definition) is 4. The van der Waals surface area contributed by atoms with Crippen LogP contribution in [-0.4, -0.2) is 26.3 Å². The van der Waals surface area contributed by atoms with Gasteiger partial charge in [0.05, 0.1) is 12.2 Å². The summed E-state index contributed by atoms with van der Waals surface area (Å²) >= 11 is 0. The maximum atomic E-state index is 11.6. The van der Waals surface area contributed by atoms with Gasteiger partial charge in [-0.15, -0.1) is 0 Å². The van der Waals surface area contributed by atoms with Crippen molar-refractivity contribution in [2.45, 2.75) is 13.1 Å². The van der Waals surface area contributed by atoms with Gasteiger partial charge in [0, 0.05) is 20.2 Å². The first-order chi connectivity index (χ1) is 7.81. The lowest BCUT2D eigenvalue weighted by Crippen LogP contribution is -2.10. The molecule has 16 heavy (non-hydrogen) atoms. The Morgan fingerprint density at radius 1 is 1.31 bits per heavy atom. The molecule has 0 saturated heterocycles. The highest BCUT2D eigenvalue weighted by molar-refractivity contribution is 5.89. The highest BCUT2D eigenvalue weighted by Gasteiger charge is 2.13. The van der Waals surface area contributed by atoms with Crippen LogP contribution >= 0.6 is 0 Å². The van der Waals surface area contributed by atoms with Gasteiger partial charge in [0.1, 0.15) is 6.61 Å². The zero-order chi connectivity index (χ0) is 11.4. The number of carbonyl (C=O) groups is 1. The lowest BCUT2D eigenvalue weighted by molar-refractivity contribution is 0.0388. The molecule has 1 aromatic carbocycles. The minimum Gasteiger partial charge on any atom is -0.460 e. The van der Waals surface area contributed by atoms with E-state index in [1.165, 1.54) is 11.1 Å². The fraction of sp³-hybridized carbons (Fsp3) is 0.417. The second kappa shape index (κ2) is 5.09. The molecule has 4 heteroatoms. The second-order valence-corrected chi connectivity index (χ2v) is 3.72. The van der Waals surface area contributed by atoms with Crippen LogP contribution in [0.3, 0.4) is 0 Å². The van der Waals surface area contributed by atoms with Crippen LogP contribution in [0, 0.1) is 0 Å². The van der Waals surface area contributed by atoms with Crippen molar-refractivity contribution in [1.29, 1.82) is 0 Å². The highest BCUT2D eigenvalue weighted by Crippen LogP contribution is 2.17. The topological polar surface area (TPSA) is 47.6 Å². The van der Waals surface area contributed by atoms with Gasteiger partial charge in [-0.2, -0.15) is 0 Å². The Morgan fingerprint density at radius 3 is 2.94 bits per heavy atom. The monoisotopic (exact) mass is 221 g/mol.